The normalized spacial score (nSPS) is 25.4. The number of nitrogens with zero attached hydrogens (tertiary/aromatic N) is 2. The van der Waals surface area contributed by atoms with Gasteiger partial charge in [-0.15, -0.1) is 0 Å². The Kier molecular flexibility index (Phi) is 3.56. The van der Waals surface area contributed by atoms with Gasteiger partial charge in [-0.25, -0.2) is 15.2 Å². The van der Waals surface area contributed by atoms with Gasteiger partial charge in [0.15, 0.2) is 11.6 Å². The maximum atomic E-state index is 14.2. The molecule has 1 saturated carbocycles. The Hall–Kier alpha value is -1.69. The first-order valence-corrected chi connectivity index (χ1v) is 7.14. The van der Waals surface area contributed by atoms with E-state index in [2.05, 4.69) is 10.4 Å². The molecule has 1 aliphatic heterocycles. The van der Waals surface area contributed by atoms with E-state index in [1.807, 2.05) is 4.90 Å². The molecule has 0 aromatic carbocycles. The van der Waals surface area contributed by atoms with Crippen molar-refractivity contribution in [3.63, 3.8) is 0 Å². The minimum absolute atomic E-state index is 0.0560. The van der Waals surface area contributed by atoms with Crippen molar-refractivity contribution in [3.8, 4) is 0 Å². The van der Waals surface area contributed by atoms with Crippen LogP contribution in [0.4, 0.5) is 10.2 Å². The van der Waals surface area contributed by atoms with Crippen molar-refractivity contribution in [1.82, 2.24) is 9.88 Å². The van der Waals surface area contributed by atoms with Gasteiger partial charge in [-0.2, -0.15) is 0 Å². The first-order chi connectivity index (χ1) is 9.72. The molecule has 0 spiro atoms. The highest BCUT2D eigenvalue weighted by Crippen LogP contribution is 2.37. The lowest BCUT2D eigenvalue weighted by molar-refractivity contribution is 0.0543. The third kappa shape index (κ3) is 2.14. The van der Waals surface area contributed by atoms with E-state index in [9.17, 15) is 9.18 Å². The Balaban J connectivity index is 1.88. The number of nitrogens with two attached hydrogens (primary N) is 1. The van der Waals surface area contributed by atoms with E-state index < -0.39 is 5.82 Å². The molecular weight excluding hydrogens is 259 g/mol. The maximum Gasteiger partial charge on any atom is 0.257 e. The second kappa shape index (κ2) is 5.36. The molecular formula is C14H19FN4O. The Morgan fingerprint density at radius 1 is 1.40 bits per heavy atom. The third-order valence-corrected chi connectivity index (χ3v) is 4.51. The molecule has 108 valence electrons. The molecule has 2 fully saturated rings. The predicted molar refractivity (Wildman–Crippen MR) is 73.4 cm³/mol. The van der Waals surface area contributed by atoms with Gasteiger partial charge >= 0.3 is 0 Å². The molecule has 2 unspecified atom stereocenters. The Labute approximate surface area is 117 Å². The number of rotatable bonds is 2. The Morgan fingerprint density at radius 2 is 2.20 bits per heavy atom. The first-order valence-electron chi connectivity index (χ1n) is 7.14. The summed E-state index contributed by atoms with van der Waals surface area (Å²) in [6, 6.07) is 1.70. The van der Waals surface area contributed by atoms with E-state index in [-0.39, 0.29) is 23.3 Å². The lowest BCUT2D eigenvalue weighted by Gasteiger charge is -2.37. The highest BCUT2D eigenvalue weighted by Gasteiger charge is 2.38. The molecule has 0 bridgehead atoms. The molecule has 1 saturated heterocycles. The van der Waals surface area contributed by atoms with Gasteiger partial charge in [-0.05, 0) is 37.7 Å². The van der Waals surface area contributed by atoms with Gasteiger partial charge in [0, 0.05) is 18.8 Å². The van der Waals surface area contributed by atoms with Crippen molar-refractivity contribution in [2.75, 3.05) is 12.0 Å². The van der Waals surface area contributed by atoms with Crippen molar-refractivity contribution in [1.29, 1.82) is 0 Å². The fourth-order valence-electron chi connectivity index (χ4n) is 3.57. The fourth-order valence-corrected chi connectivity index (χ4v) is 3.57. The quantitative estimate of drug-likeness (QED) is 0.640. The summed E-state index contributed by atoms with van der Waals surface area (Å²) in [6.45, 7) is 0.715. The maximum absolute atomic E-state index is 14.2. The van der Waals surface area contributed by atoms with Crippen LogP contribution in [-0.2, 0) is 0 Å². The first kappa shape index (κ1) is 13.3. The number of anilines is 1. The van der Waals surface area contributed by atoms with Crippen LogP contribution in [0.5, 0.6) is 0 Å². The van der Waals surface area contributed by atoms with Gasteiger partial charge in [0.2, 0.25) is 0 Å². The number of pyridine rings is 1. The van der Waals surface area contributed by atoms with Crippen molar-refractivity contribution >= 4 is 11.7 Å². The molecule has 3 N–H and O–H groups in total. The number of carbonyl (C=O) groups excluding carboxylic acids is 1. The molecule has 0 radical (unpaired) electrons. The van der Waals surface area contributed by atoms with Crippen LogP contribution in [-0.4, -0.2) is 28.4 Å². The van der Waals surface area contributed by atoms with Gasteiger partial charge in [0.1, 0.15) is 0 Å². The van der Waals surface area contributed by atoms with Gasteiger partial charge < -0.3 is 10.3 Å². The number of fused-ring (bicyclic) bond motifs is 1. The van der Waals surface area contributed by atoms with Gasteiger partial charge in [-0.1, -0.05) is 6.42 Å². The number of hydrazine groups is 1. The zero-order valence-electron chi connectivity index (χ0n) is 11.3. The smallest absolute Gasteiger partial charge is 0.257 e. The molecule has 6 heteroatoms. The van der Waals surface area contributed by atoms with Crippen LogP contribution in [0.3, 0.4) is 0 Å². The van der Waals surface area contributed by atoms with Gasteiger partial charge in [0.05, 0.1) is 5.56 Å². The number of amides is 1. The zero-order valence-corrected chi connectivity index (χ0v) is 11.3. The average molecular weight is 278 g/mol. The predicted octanol–water partition coefficient (Wildman–Crippen LogP) is 1.91. The molecule has 1 amide bonds. The Morgan fingerprint density at radius 3 is 3.00 bits per heavy atom. The summed E-state index contributed by atoms with van der Waals surface area (Å²) in [5.74, 6) is 4.80. The minimum atomic E-state index is -0.667. The van der Waals surface area contributed by atoms with E-state index in [4.69, 9.17) is 5.84 Å². The van der Waals surface area contributed by atoms with E-state index >= 15 is 0 Å². The number of nitrogens with one attached hydrogen (secondary N) is 1. The number of piperidine rings is 1. The summed E-state index contributed by atoms with van der Waals surface area (Å²) in [5, 5.41) is 0. The van der Waals surface area contributed by atoms with Crippen molar-refractivity contribution < 1.29 is 9.18 Å². The highest BCUT2D eigenvalue weighted by molar-refractivity contribution is 5.95. The second-order valence-corrected chi connectivity index (χ2v) is 5.56. The number of nitrogen functional groups attached to an aromatic ring is 1. The number of carbonyl (C=O) groups is 1. The number of halogens is 1. The molecule has 20 heavy (non-hydrogen) atoms. The number of aromatic nitrogens is 1. The zero-order chi connectivity index (χ0) is 14.1. The molecule has 1 aromatic rings. The SMILES string of the molecule is NNc1nccc(C(=O)N2CCCC3CCCC32)c1F. The Bertz CT molecular complexity index is 522. The van der Waals surface area contributed by atoms with E-state index in [0.717, 1.165) is 19.3 Å². The molecule has 3 rings (SSSR count). The van der Waals surface area contributed by atoms with E-state index in [1.165, 1.54) is 25.1 Å². The monoisotopic (exact) mass is 278 g/mol. The summed E-state index contributed by atoms with van der Waals surface area (Å²) in [6.07, 6.45) is 6.97. The van der Waals surface area contributed by atoms with Crippen molar-refractivity contribution in [3.05, 3.63) is 23.6 Å². The number of likely N-dealkylation sites (tertiary alicyclic amines) is 1. The van der Waals surface area contributed by atoms with Crippen LogP contribution >= 0.6 is 0 Å². The largest absolute Gasteiger partial charge is 0.335 e. The summed E-state index contributed by atoms with van der Waals surface area (Å²) in [4.78, 5) is 18.2. The van der Waals surface area contributed by atoms with Crippen LogP contribution in [0, 0.1) is 11.7 Å². The van der Waals surface area contributed by atoms with Crippen LogP contribution < -0.4 is 11.3 Å². The van der Waals surface area contributed by atoms with E-state index in [0.29, 0.717) is 12.5 Å². The third-order valence-electron chi connectivity index (χ3n) is 4.51. The lowest BCUT2D eigenvalue weighted by atomic mass is 9.91. The summed E-state index contributed by atoms with van der Waals surface area (Å²) in [5.41, 5.74) is 2.24. The lowest BCUT2D eigenvalue weighted by Crippen LogP contribution is -2.46. The van der Waals surface area contributed by atoms with Crippen LogP contribution in [0.1, 0.15) is 42.5 Å². The van der Waals surface area contributed by atoms with Gasteiger partial charge in [-0.3, -0.25) is 4.79 Å². The molecule has 5 nitrogen and oxygen atoms in total. The fraction of sp³-hybridized carbons (Fsp3) is 0.571. The molecule has 1 aromatic heterocycles. The summed E-state index contributed by atoms with van der Waals surface area (Å²) < 4.78 is 14.2. The number of hydrogen-bond acceptors (Lipinski definition) is 4. The van der Waals surface area contributed by atoms with Crippen LogP contribution in [0.15, 0.2) is 12.3 Å². The van der Waals surface area contributed by atoms with Crippen molar-refractivity contribution in [2.24, 2.45) is 11.8 Å². The van der Waals surface area contributed by atoms with Crippen LogP contribution in [0.25, 0.3) is 0 Å². The topological polar surface area (TPSA) is 71.2 Å². The molecule has 1 aliphatic carbocycles. The van der Waals surface area contributed by atoms with Crippen molar-refractivity contribution in [2.45, 2.75) is 38.1 Å². The summed E-state index contributed by atoms with van der Waals surface area (Å²) in [7, 11) is 0. The standard InChI is InChI=1S/C14H19FN4O/c15-12-10(6-7-17-13(12)18-16)14(20)19-8-2-4-9-3-1-5-11(9)19/h6-7,9,11H,1-5,8,16H2,(H,17,18). The average Bonchev–Trinajstić information content (AvgIpc) is 2.95. The van der Waals surface area contributed by atoms with Crippen LogP contribution in [0.2, 0.25) is 0 Å². The highest BCUT2D eigenvalue weighted by atomic mass is 19.1. The van der Waals surface area contributed by atoms with E-state index in [1.54, 1.807) is 0 Å². The minimum Gasteiger partial charge on any atom is -0.335 e. The molecule has 2 atom stereocenters. The molecule has 2 aliphatic rings. The molecule has 2 heterocycles. The van der Waals surface area contributed by atoms with Gasteiger partial charge in [0.25, 0.3) is 5.91 Å². The summed E-state index contributed by atoms with van der Waals surface area (Å²) >= 11 is 0. The second-order valence-electron chi connectivity index (χ2n) is 5.56. The number of hydrogen-bond donors (Lipinski definition) is 2.